The monoisotopic (exact) mass is 306 g/mol. The molecule has 1 aromatic carbocycles. The SMILES string of the molecule is CCCCCCCCCC(CC)c1cc(O)ccc1C(=O)O. The Bertz CT molecular complexity index is 454. The van der Waals surface area contributed by atoms with Crippen LogP contribution in [0.2, 0.25) is 0 Å². The molecule has 0 radical (unpaired) electrons. The Balaban J connectivity index is 2.54. The largest absolute Gasteiger partial charge is 0.508 e. The molecule has 124 valence electrons. The molecule has 0 bridgehead atoms. The van der Waals surface area contributed by atoms with Crippen LogP contribution in [0.25, 0.3) is 0 Å². The van der Waals surface area contributed by atoms with Gasteiger partial charge in [-0.3, -0.25) is 0 Å². The van der Waals surface area contributed by atoms with E-state index in [9.17, 15) is 15.0 Å². The van der Waals surface area contributed by atoms with Gasteiger partial charge in [-0.2, -0.15) is 0 Å². The summed E-state index contributed by atoms with van der Waals surface area (Å²) in [6, 6.07) is 4.59. The lowest BCUT2D eigenvalue weighted by Crippen LogP contribution is -2.07. The lowest BCUT2D eigenvalue weighted by molar-refractivity contribution is 0.0695. The van der Waals surface area contributed by atoms with Gasteiger partial charge in [-0.05, 0) is 42.5 Å². The van der Waals surface area contributed by atoms with Crippen LogP contribution in [0.5, 0.6) is 5.75 Å². The number of unbranched alkanes of at least 4 members (excludes halogenated alkanes) is 6. The molecule has 22 heavy (non-hydrogen) atoms. The Kier molecular flexibility index (Phi) is 8.64. The molecule has 0 amide bonds. The van der Waals surface area contributed by atoms with Gasteiger partial charge in [0.15, 0.2) is 0 Å². The molecule has 3 heteroatoms. The van der Waals surface area contributed by atoms with Crippen molar-refractivity contribution in [2.45, 2.75) is 77.6 Å². The molecular formula is C19H30O3. The van der Waals surface area contributed by atoms with E-state index in [0.717, 1.165) is 24.8 Å². The highest BCUT2D eigenvalue weighted by atomic mass is 16.4. The highest BCUT2D eigenvalue weighted by Gasteiger charge is 2.18. The Morgan fingerprint density at radius 3 is 2.27 bits per heavy atom. The van der Waals surface area contributed by atoms with Gasteiger partial charge in [0.2, 0.25) is 0 Å². The third-order valence-electron chi connectivity index (χ3n) is 4.35. The van der Waals surface area contributed by atoms with Crippen molar-refractivity contribution in [2.75, 3.05) is 0 Å². The number of carboxylic acids is 1. The summed E-state index contributed by atoms with van der Waals surface area (Å²) in [6.07, 6.45) is 10.7. The molecule has 0 saturated carbocycles. The number of carbonyl (C=O) groups is 1. The first kappa shape index (κ1) is 18.5. The Labute approximate surface area is 134 Å². The van der Waals surface area contributed by atoms with Crippen LogP contribution in [-0.4, -0.2) is 16.2 Å². The van der Waals surface area contributed by atoms with Gasteiger partial charge in [0.25, 0.3) is 0 Å². The molecule has 0 aliphatic carbocycles. The van der Waals surface area contributed by atoms with E-state index < -0.39 is 5.97 Å². The zero-order valence-electron chi connectivity index (χ0n) is 14.0. The Morgan fingerprint density at radius 2 is 1.68 bits per heavy atom. The minimum absolute atomic E-state index is 0.151. The van der Waals surface area contributed by atoms with Gasteiger partial charge in [-0.25, -0.2) is 4.79 Å². The number of carboxylic acid groups (broad SMARTS) is 1. The molecule has 0 saturated heterocycles. The second kappa shape index (κ2) is 10.3. The van der Waals surface area contributed by atoms with Crippen LogP contribution in [0, 0.1) is 0 Å². The molecule has 2 N–H and O–H groups in total. The number of phenolic OH excluding ortho intramolecular Hbond substituents is 1. The van der Waals surface area contributed by atoms with Crippen LogP contribution in [0.1, 0.15) is 93.5 Å². The maximum Gasteiger partial charge on any atom is 0.335 e. The fraction of sp³-hybridized carbons (Fsp3) is 0.632. The van der Waals surface area contributed by atoms with Crippen LogP contribution in [0.4, 0.5) is 0 Å². The third kappa shape index (κ3) is 6.08. The number of rotatable bonds is 11. The minimum atomic E-state index is -0.909. The highest BCUT2D eigenvalue weighted by molar-refractivity contribution is 5.89. The molecule has 0 aliphatic rings. The molecule has 0 heterocycles. The van der Waals surface area contributed by atoms with E-state index in [0.29, 0.717) is 5.56 Å². The van der Waals surface area contributed by atoms with Crippen LogP contribution >= 0.6 is 0 Å². The zero-order chi connectivity index (χ0) is 16.4. The number of aromatic hydroxyl groups is 1. The van der Waals surface area contributed by atoms with Crippen molar-refractivity contribution in [2.24, 2.45) is 0 Å². The fourth-order valence-corrected chi connectivity index (χ4v) is 3.01. The Morgan fingerprint density at radius 1 is 1.05 bits per heavy atom. The molecule has 0 aromatic heterocycles. The molecule has 1 unspecified atom stereocenters. The Hall–Kier alpha value is -1.51. The van der Waals surface area contributed by atoms with E-state index in [1.54, 1.807) is 6.07 Å². The number of phenols is 1. The van der Waals surface area contributed by atoms with Gasteiger partial charge in [-0.15, -0.1) is 0 Å². The van der Waals surface area contributed by atoms with Crippen molar-refractivity contribution < 1.29 is 15.0 Å². The van der Waals surface area contributed by atoms with Crippen molar-refractivity contribution in [3.63, 3.8) is 0 Å². The average molecular weight is 306 g/mol. The van der Waals surface area contributed by atoms with Crippen molar-refractivity contribution in [3.05, 3.63) is 29.3 Å². The van der Waals surface area contributed by atoms with E-state index in [1.807, 2.05) is 0 Å². The molecule has 1 rings (SSSR count). The van der Waals surface area contributed by atoms with E-state index in [2.05, 4.69) is 13.8 Å². The van der Waals surface area contributed by atoms with Gasteiger partial charge in [-0.1, -0.05) is 58.8 Å². The molecule has 3 nitrogen and oxygen atoms in total. The summed E-state index contributed by atoms with van der Waals surface area (Å²) >= 11 is 0. The highest BCUT2D eigenvalue weighted by Crippen LogP contribution is 2.31. The molecule has 0 spiro atoms. The predicted molar refractivity (Wildman–Crippen MR) is 90.7 cm³/mol. The van der Waals surface area contributed by atoms with Crippen LogP contribution in [-0.2, 0) is 0 Å². The lowest BCUT2D eigenvalue weighted by atomic mass is 9.87. The van der Waals surface area contributed by atoms with Crippen LogP contribution < -0.4 is 0 Å². The summed E-state index contributed by atoms with van der Waals surface area (Å²) < 4.78 is 0. The van der Waals surface area contributed by atoms with E-state index in [-0.39, 0.29) is 11.7 Å². The van der Waals surface area contributed by atoms with Crippen molar-refractivity contribution >= 4 is 5.97 Å². The normalized spacial score (nSPS) is 12.3. The van der Waals surface area contributed by atoms with Crippen molar-refractivity contribution in [1.82, 2.24) is 0 Å². The summed E-state index contributed by atoms with van der Waals surface area (Å²) in [5, 5.41) is 19.0. The zero-order valence-corrected chi connectivity index (χ0v) is 14.0. The van der Waals surface area contributed by atoms with Gasteiger partial charge in [0.05, 0.1) is 5.56 Å². The summed E-state index contributed by atoms with van der Waals surface area (Å²) in [7, 11) is 0. The average Bonchev–Trinajstić information content (AvgIpc) is 2.49. The molecule has 1 aromatic rings. The van der Waals surface area contributed by atoms with Crippen molar-refractivity contribution in [1.29, 1.82) is 0 Å². The minimum Gasteiger partial charge on any atom is -0.508 e. The van der Waals surface area contributed by atoms with Gasteiger partial charge < -0.3 is 10.2 Å². The standard InChI is InChI=1S/C19H30O3/c1-3-5-6-7-8-9-10-11-15(4-2)18-14-16(20)12-13-17(18)19(21)22/h12-15,20H,3-11H2,1-2H3,(H,21,22). The smallest absolute Gasteiger partial charge is 0.335 e. The summed E-state index contributed by atoms with van der Waals surface area (Å²) in [4.78, 5) is 11.3. The maximum absolute atomic E-state index is 11.3. The fourth-order valence-electron chi connectivity index (χ4n) is 3.01. The first-order valence-electron chi connectivity index (χ1n) is 8.66. The summed E-state index contributed by atoms with van der Waals surface area (Å²) in [5.74, 6) is -0.542. The maximum atomic E-state index is 11.3. The number of aromatic carboxylic acids is 1. The van der Waals surface area contributed by atoms with Gasteiger partial charge in [0, 0.05) is 0 Å². The summed E-state index contributed by atoms with van der Waals surface area (Å²) in [5.41, 5.74) is 1.11. The second-order valence-corrected chi connectivity index (χ2v) is 6.09. The van der Waals surface area contributed by atoms with E-state index in [1.165, 1.54) is 50.7 Å². The topological polar surface area (TPSA) is 57.5 Å². The van der Waals surface area contributed by atoms with Crippen LogP contribution in [0.3, 0.4) is 0 Å². The molecule has 1 atom stereocenters. The molecular weight excluding hydrogens is 276 g/mol. The number of hydrogen-bond donors (Lipinski definition) is 2. The van der Waals surface area contributed by atoms with Gasteiger partial charge in [0.1, 0.15) is 5.75 Å². The third-order valence-corrected chi connectivity index (χ3v) is 4.35. The van der Waals surface area contributed by atoms with Crippen LogP contribution in [0.15, 0.2) is 18.2 Å². The molecule has 0 fully saturated rings. The van der Waals surface area contributed by atoms with E-state index >= 15 is 0 Å². The first-order chi connectivity index (χ1) is 10.6. The predicted octanol–water partition coefficient (Wildman–Crippen LogP) is 5.72. The van der Waals surface area contributed by atoms with E-state index in [4.69, 9.17) is 0 Å². The number of hydrogen-bond acceptors (Lipinski definition) is 2. The lowest BCUT2D eigenvalue weighted by Gasteiger charge is -2.18. The van der Waals surface area contributed by atoms with Gasteiger partial charge >= 0.3 is 5.97 Å². The summed E-state index contributed by atoms with van der Waals surface area (Å²) in [6.45, 7) is 4.31. The molecule has 0 aliphatic heterocycles. The second-order valence-electron chi connectivity index (χ2n) is 6.09. The van der Waals surface area contributed by atoms with Crippen molar-refractivity contribution in [3.8, 4) is 5.75 Å². The number of benzene rings is 1. The first-order valence-corrected chi connectivity index (χ1v) is 8.66. The quantitative estimate of drug-likeness (QED) is 0.514.